The predicted octanol–water partition coefficient (Wildman–Crippen LogP) is 2.81. The molecule has 7 heteroatoms. The van der Waals surface area contributed by atoms with Gasteiger partial charge in [-0.1, -0.05) is 0 Å². The van der Waals surface area contributed by atoms with Crippen molar-refractivity contribution in [2.75, 3.05) is 0 Å². The molecule has 0 fully saturated rings. The van der Waals surface area contributed by atoms with E-state index in [9.17, 15) is 13.2 Å². The molecule has 78 valence electrons. The Morgan fingerprint density at radius 3 is 2.20 bits per heavy atom. The van der Waals surface area contributed by atoms with Gasteiger partial charge in [0.2, 0.25) is 0 Å². The van der Waals surface area contributed by atoms with Crippen LogP contribution in [-0.2, 0) is 0 Å². The maximum Gasteiger partial charge on any atom is 0.264 e. The summed E-state index contributed by atoms with van der Waals surface area (Å²) in [4.78, 5) is 3.42. The lowest BCUT2D eigenvalue weighted by molar-refractivity contribution is 0.423. The summed E-state index contributed by atoms with van der Waals surface area (Å²) in [6.45, 7) is 0. The van der Waals surface area contributed by atoms with Gasteiger partial charge in [0.1, 0.15) is 23.0 Å². The van der Waals surface area contributed by atoms with Crippen LogP contribution >= 0.6 is 11.6 Å². The Morgan fingerprint density at radius 2 is 1.73 bits per heavy atom. The van der Waals surface area contributed by atoms with Crippen LogP contribution in [0.2, 0.25) is 5.28 Å². The normalized spacial score (nSPS) is 10.7. The number of rotatable bonds is 1. The van der Waals surface area contributed by atoms with Crippen molar-refractivity contribution in [1.29, 1.82) is 0 Å². The van der Waals surface area contributed by atoms with Crippen molar-refractivity contribution in [3.63, 3.8) is 0 Å². The summed E-state index contributed by atoms with van der Waals surface area (Å²) in [5, 5.41) is 2.87. The summed E-state index contributed by atoms with van der Waals surface area (Å²) in [6, 6.07) is 1.02. The third-order valence-corrected chi connectivity index (χ3v) is 1.78. The van der Waals surface area contributed by atoms with Gasteiger partial charge in [-0.3, -0.25) is 0 Å². The smallest absolute Gasteiger partial charge is 0.264 e. The first-order valence-corrected chi connectivity index (χ1v) is 4.10. The van der Waals surface area contributed by atoms with Gasteiger partial charge in [-0.15, -0.1) is 0 Å². The Morgan fingerprint density at radius 1 is 1.13 bits per heavy atom. The van der Waals surface area contributed by atoms with Crippen molar-refractivity contribution < 1.29 is 17.7 Å². The van der Waals surface area contributed by atoms with E-state index in [1.807, 2.05) is 0 Å². The quantitative estimate of drug-likeness (QED) is 0.762. The van der Waals surface area contributed by atoms with E-state index >= 15 is 0 Å². The van der Waals surface area contributed by atoms with Crippen molar-refractivity contribution in [3.8, 4) is 11.5 Å². The van der Waals surface area contributed by atoms with Crippen LogP contribution in [0.5, 0.6) is 0 Å². The second-order valence-electron chi connectivity index (χ2n) is 2.61. The molecule has 0 N–H and O–H groups in total. The van der Waals surface area contributed by atoms with Crippen molar-refractivity contribution in [1.82, 2.24) is 10.1 Å². The zero-order valence-electron chi connectivity index (χ0n) is 6.97. The second kappa shape index (κ2) is 3.54. The molecule has 1 heterocycles. The van der Waals surface area contributed by atoms with Gasteiger partial charge in [0.15, 0.2) is 0 Å². The van der Waals surface area contributed by atoms with Crippen LogP contribution in [0.15, 0.2) is 16.7 Å². The molecule has 0 aliphatic carbocycles. The lowest BCUT2D eigenvalue weighted by Gasteiger charge is -1.99. The molecule has 0 aliphatic heterocycles. The zero-order valence-corrected chi connectivity index (χ0v) is 7.73. The Hall–Kier alpha value is -1.56. The van der Waals surface area contributed by atoms with Gasteiger partial charge >= 0.3 is 0 Å². The molecule has 0 bridgehead atoms. The first-order valence-electron chi connectivity index (χ1n) is 3.72. The van der Waals surface area contributed by atoms with E-state index in [-0.39, 0.29) is 5.28 Å². The van der Waals surface area contributed by atoms with Gasteiger partial charge in [-0.05, 0) is 16.8 Å². The number of hydrogen-bond acceptors (Lipinski definition) is 3. The zero-order chi connectivity index (χ0) is 11.0. The highest BCUT2D eigenvalue weighted by molar-refractivity contribution is 6.28. The summed E-state index contributed by atoms with van der Waals surface area (Å²) >= 11 is 5.31. The minimum atomic E-state index is -1.13. The highest BCUT2D eigenvalue weighted by Crippen LogP contribution is 2.25. The average Bonchev–Trinajstić information content (AvgIpc) is 2.49. The minimum absolute atomic E-state index is 0.284. The van der Waals surface area contributed by atoms with E-state index in [0.29, 0.717) is 12.1 Å². The number of nitrogens with zero attached hydrogens (tertiary/aromatic N) is 2. The molecule has 1 aromatic heterocycles. The lowest BCUT2D eigenvalue weighted by atomic mass is 10.2. The maximum atomic E-state index is 13.2. The third kappa shape index (κ3) is 1.80. The van der Waals surface area contributed by atoms with E-state index in [0.717, 1.165) is 0 Å². The van der Waals surface area contributed by atoms with Crippen molar-refractivity contribution in [2.45, 2.75) is 0 Å². The van der Waals surface area contributed by atoms with E-state index in [1.54, 1.807) is 0 Å². The fourth-order valence-corrected chi connectivity index (χ4v) is 1.16. The minimum Gasteiger partial charge on any atom is -0.332 e. The van der Waals surface area contributed by atoms with Crippen LogP contribution in [0, 0.1) is 17.5 Å². The number of aromatic nitrogens is 2. The topological polar surface area (TPSA) is 38.9 Å². The molecule has 0 atom stereocenters. The van der Waals surface area contributed by atoms with Gasteiger partial charge in [0, 0.05) is 12.1 Å². The van der Waals surface area contributed by atoms with Crippen LogP contribution in [0.1, 0.15) is 0 Å². The molecule has 0 amide bonds. The largest absolute Gasteiger partial charge is 0.332 e. The van der Waals surface area contributed by atoms with Crippen molar-refractivity contribution in [2.24, 2.45) is 0 Å². The van der Waals surface area contributed by atoms with Gasteiger partial charge in [0.25, 0.3) is 11.2 Å². The molecular weight excluding hydrogens is 233 g/mol. The van der Waals surface area contributed by atoms with E-state index < -0.39 is 28.9 Å². The molecule has 0 saturated carbocycles. The SMILES string of the molecule is Fc1cc(F)c(-c2nc(Cl)no2)c(F)c1. The Balaban J connectivity index is 2.62. The van der Waals surface area contributed by atoms with Crippen molar-refractivity contribution >= 4 is 11.6 Å². The molecule has 3 nitrogen and oxygen atoms in total. The van der Waals surface area contributed by atoms with E-state index in [1.165, 1.54) is 0 Å². The number of benzene rings is 1. The fourth-order valence-electron chi connectivity index (χ4n) is 1.05. The van der Waals surface area contributed by atoms with Gasteiger partial charge in [0.05, 0.1) is 0 Å². The fraction of sp³-hybridized carbons (Fsp3) is 0. The molecule has 0 spiro atoms. The predicted molar refractivity (Wildman–Crippen MR) is 44.6 cm³/mol. The first kappa shape index (κ1) is 9.97. The maximum absolute atomic E-state index is 13.2. The molecule has 15 heavy (non-hydrogen) atoms. The first-order chi connectivity index (χ1) is 7.08. The van der Waals surface area contributed by atoms with Gasteiger partial charge < -0.3 is 4.52 Å². The van der Waals surface area contributed by atoms with Crippen LogP contribution < -0.4 is 0 Å². The van der Waals surface area contributed by atoms with Gasteiger partial charge in [-0.2, -0.15) is 4.98 Å². The summed E-state index contributed by atoms with van der Waals surface area (Å²) in [5.41, 5.74) is -0.601. The van der Waals surface area contributed by atoms with Crippen LogP contribution in [0.4, 0.5) is 13.2 Å². The molecular formula is C8H2ClF3N2O. The standard InChI is InChI=1S/C8H2ClF3N2O/c9-8-13-7(15-14-8)6-4(11)1-3(10)2-5(6)12/h1-2H. The van der Waals surface area contributed by atoms with Crippen LogP contribution in [-0.4, -0.2) is 10.1 Å². The van der Waals surface area contributed by atoms with Crippen LogP contribution in [0.25, 0.3) is 11.5 Å². The second-order valence-corrected chi connectivity index (χ2v) is 2.95. The lowest BCUT2D eigenvalue weighted by Crippen LogP contribution is -1.92. The average molecular weight is 235 g/mol. The number of hydrogen-bond donors (Lipinski definition) is 0. The highest BCUT2D eigenvalue weighted by atomic mass is 35.5. The van der Waals surface area contributed by atoms with Crippen molar-refractivity contribution in [3.05, 3.63) is 34.9 Å². The molecule has 2 rings (SSSR count). The summed E-state index contributed by atoms with van der Waals surface area (Å²) in [7, 11) is 0. The third-order valence-electron chi connectivity index (χ3n) is 1.62. The van der Waals surface area contributed by atoms with E-state index in [2.05, 4.69) is 14.7 Å². The summed E-state index contributed by atoms with van der Waals surface area (Å²) < 4.78 is 43.3. The Labute approximate surface area is 86.5 Å². The monoisotopic (exact) mass is 234 g/mol. The number of halogens is 4. The van der Waals surface area contributed by atoms with Crippen LogP contribution in [0.3, 0.4) is 0 Å². The Kier molecular flexibility index (Phi) is 2.36. The van der Waals surface area contributed by atoms with E-state index in [4.69, 9.17) is 11.6 Å². The molecule has 1 aromatic carbocycles. The Bertz CT molecular complexity index is 491. The summed E-state index contributed by atoms with van der Waals surface area (Å²) in [5.74, 6) is -3.73. The van der Waals surface area contributed by atoms with Gasteiger partial charge in [-0.25, -0.2) is 13.2 Å². The summed E-state index contributed by atoms with van der Waals surface area (Å²) in [6.07, 6.45) is 0. The highest BCUT2D eigenvalue weighted by Gasteiger charge is 2.19. The molecule has 2 aromatic rings. The molecule has 0 unspecified atom stereocenters. The molecule has 0 radical (unpaired) electrons. The molecule has 0 saturated heterocycles. The molecule has 0 aliphatic rings.